The highest BCUT2D eigenvalue weighted by atomic mass is 35.5. The summed E-state index contributed by atoms with van der Waals surface area (Å²) in [6.07, 6.45) is 1.84. The third-order valence-corrected chi connectivity index (χ3v) is 9.92. The summed E-state index contributed by atoms with van der Waals surface area (Å²) in [5, 5.41) is 10.7. The molecule has 2 aliphatic heterocycles. The Morgan fingerprint density at radius 1 is 0.709 bits per heavy atom. The minimum atomic E-state index is -0.397. The maximum atomic E-state index is 14.8. The number of nitrogens with one attached hydrogen (secondary N) is 2. The second kappa shape index (κ2) is 14.5. The zero-order chi connectivity index (χ0) is 39.2. The molecule has 0 saturated heterocycles. The molecule has 284 valence electrons. The highest BCUT2D eigenvalue weighted by molar-refractivity contribution is 6.28. The molecule has 3 aromatic carbocycles. The minimum absolute atomic E-state index is 0.132. The Kier molecular flexibility index (Phi) is 9.88. The highest BCUT2D eigenvalue weighted by Crippen LogP contribution is 2.47. The third kappa shape index (κ3) is 7.38. The van der Waals surface area contributed by atoms with E-state index in [1.165, 1.54) is 41.3 Å². The molecule has 2 aliphatic rings. The number of nitrogens with zero attached hydrogens (tertiary/aromatic N) is 9. The van der Waals surface area contributed by atoms with Gasteiger partial charge in [-0.2, -0.15) is 10.1 Å². The summed E-state index contributed by atoms with van der Waals surface area (Å²) in [7, 11) is 3.65. The molecule has 6 aromatic rings. The number of benzene rings is 3. The molecule has 0 saturated carbocycles. The molecule has 11 nitrogen and oxygen atoms in total. The Hall–Kier alpha value is -5.76. The van der Waals surface area contributed by atoms with Gasteiger partial charge in [-0.3, -0.25) is 0 Å². The molecule has 3 aromatic heterocycles. The van der Waals surface area contributed by atoms with E-state index in [0.717, 1.165) is 57.9 Å². The molecule has 8 rings (SSSR count). The van der Waals surface area contributed by atoms with Crippen LogP contribution in [0.1, 0.15) is 56.0 Å². The molecular weight excluding hydrogens is 727 g/mol. The fraction of sp³-hybridized carbons (Fsp3) is 0.300. The molecule has 0 unspecified atom stereocenters. The first-order chi connectivity index (χ1) is 26.2. The first kappa shape index (κ1) is 37.6. The van der Waals surface area contributed by atoms with E-state index >= 15 is 0 Å². The monoisotopic (exact) mass is 767 g/mol. The van der Waals surface area contributed by atoms with Gasteiger partial charge in [0, 0.05) is 66.9 Å². The third-order valence-electron chi connectivity index (χ3n) is 9.75. The largest absolute Gasteiger partial charge is 0.373 e. The van der Waals surface area contributed by atoms with Gasteiger partial charge in [0.2, 0.25) is 5.28 Å². The SMILES string of the molecule is CNc1nc(Cc2ccc(-n3cnc(C)n3)c(F)c2)nc2c1C(C)(C)CN2c1ccc(F)cc1.CNc1nc(Cl)nc2c1C(C)(C)CN2c1ccc(F)cc1. The van der Waals surface area contributed by atoms with Crippen molar-refractivity contribution in [1.29, 1.82) is 0 Å². The van der Waals surface area contributed by atoms with Crippen LogP contribution in [0.25, 0.3) is 5.69 Å². The Morgan fingerprint density at radius 3 is 1.73 bits per heavy atom. The maximum Gasteiger partial charge on any atom is 0.226 e. The van der Waals surface area contributed by atoms with E-state index in [9.17, 15) is 13.2 Å². The van der Waals surface area contributed by atoms with Gasteiger partial charge >= 0.3 is 0 Å². The van der Waals surface area contributed by atoms with Crippen LogP contribution in [0, 0.1) is 24.4 Å². The normalized spacial score (nSPS) is 15.0. The zero-order valence-electron chi connectivity index (χ0n) is 31.6. The van der Waals surface area contributed by atoms with Gasteiger partial charge in [-0.05, 0) is 84.8 Å². The lowest BCUT2D eigenvalue weighted by molar-refractivity contribution is 0.568. The summed E-state index contributed by atoms with van der Waals surface area (Å²) < 4.78 is 42.9. The number of fused-ring (bicyclic) bond motifs is 2. The van der Waals surface area contributed by atoms with Crippen LogP contribution in [0.5, 0.6) is 0 Å². The van der Waals surface area contributed by atoms with Crippen molar-refractivity contribution in [2.75, 3.05) is 47.6 Å². The molecule has 0 bridgehead atoms. The maximum absolute atomic E-state index is 14.8. The van der Waals surface area contributed by atoms with Crippen molar-refractivity contribution in [3.8, 4) is 5.69 Å². The fourth-order valence-electron chi connectivity index (χ4n) is 7.25. The van der Waals surface area contributed by atoms with E-state index in [1.54, 1.807) is 37.3 Å². The van der Waals surface area contributed by atoms with E-state index in [0.29, 0.717) is 30.3 Å². The number of aromatic nitrogens is 7. The van der Waals surface area contributed by atoms with Crippen LogP contribution < -0.4 is 20.4 Å². The first-order valence-electron chi connectivity index (χ1n) is 17.8. The van der Waals surface area contributed by atoms with E-state index in [1.807, 2.05) is 25.1 Å². The molecule has 0 radical (unpaired) electrons. The van der Waals surface area contributed by atoms with Gasteiger partial charge in [-0.1, -0.05) is 33.8 Å². The quantitative estimate of drug-likeness (QED) is 0.154. The Bertz CT molecular complexity index is 2360. The summed E-state index contributed by atoms with van der Waals surface area (Å²) in [5.74, 6) is 3.23. The number of hydrogen-bond acceptors (Lipinski definition) is 10. The van der Waals surface area contributed by atoms with Crippen molar-refractivity contribution in [2.45, 2.75) is 51.9 Å². The summed E-state index contributed by atoms with van der Waals surface area (Å²) >= 11 is 6.03. The average molecular weight is 768 g/mol. The van der Waals surface area contributed by atoms with E-state index in [4.69, 9.17) is 21.6 Å². The van der Waals surface area contributed by atoms with Gasteiger partial charge in [-0.15, -0.1) is 0 Å². The topological polar surface area (TPSA) is 113 Å². The molecule has 0 amide bonds. The van der Waals surface area contributed by atoms with Crippen LogP contribution in [0.2, 0.25) is 5.28 Å². The Labute approximate surface area is 322 Å². The number of rotatable bonds is 7. The van der Waals surface area contributed by atoms with Crippen LogP contribution in [-0.2, 0) is 17.3 Å². The molecule has 15 heteroatoms. The highest BCUT2D eigenvalue weighted by Gasteiger charge is 2.41. The van der Waals surface area contributed by atoms with Gasteiger partial charge in [0.25, 0.3) is 0 Å². The number of anilines is 6. The molecule has 0 spiro atoms. The molecular formula is C40H41ClF3N11. The predicted molar refractivity (Wildman–Crippen MR) is 210 cm³/mol. The number of halogens is 4. The van der Waals surface area contributed by atoms with Crippen molar-refractivity contribution in [3.05, 3.63) is 124 Å². The molecule has 2 N–H and O–H groups in total. The number of aryl methyl sites for hydroxylation is 1. The summed E-state index contributed by atoms with van der Waals surface area (Å²) in [5.41, 5.74) is 4.50. The van der Waals surface area contributed by atoms with Crippen LogP contribution in [-0.4, -0.2) is 61.9 Å². The molecule has 0 aliphatic carbocycles. The summed E-state index contributed by atoms with van der Waals surface area (Å²) in [4.78, 5) is 26.5. The smallest absolute Gasteiger partial charge is 0.226 e. The Balaban J connectivity index is 0.000000190. The lowest BCUT2D eigenvalue weighted by atomic mass is 9.88. The van der Waals surface area contributed by atoms with Crippen molar-refractivity contribution < 1.29 is 13.2 Å². The molecule has 0 fully saturated rings. The Morgan fingerprint density at radius 2 is 1.24 bits per heavy atom. The van der Waals surface area contributed by atoms with Gasteiger partial charge < -0.3 is 20.4 Å². The van der Waals surface area contributed by atoms with Crippen molar-refractivity contribution >= 4 is 46.2 Å². The van der Waals surface area contributed by atoms with E-state index in [-0.39, 0.29) is 27.7 Å². The number of hydrogen-bond donors (Lipinski definition) is 2. The minimum Gasteiger partial charge on any atom is -0.373 e. The van der Waals surface area contributed by atoms with E-state index in [2.05, 4.69) is 63.3 Å². The first-order valence-corrected chi connectivity index (χ1v) is 18.1. The van der Waals surface area contributed by atoms with Gasteiger partial charge in [-0.25, -0.2) is 37.8 Å². The van der Waals surface area contributed by atoms with E-state index < -0.39 is 5.82 Å². The van der Waals surface area contributed by atoms with Crippen LogP contribution in [0.4, 0.5) is 47.8 Å². The second-order valence-electron chi connectivity index (χ2n) is 14.8. The second-order valence-corrected chi connectivity index (χ2v) is 15.2. The van der Waals surface area contributed by atoms with Crippen molar-refractivity contribution in [3.63, 3.8) is 0 Å². The molecule has 55 heavy (non-hydrogen) atoms. The fourth-order valence-corrected chi connectivity index (χ4v) is 7.42. The van der Waals surface area contributed by atoms with Crippen LogP contribution in [0.3, 0.4) is 0 Å². The lowest BCUT2D eigenvalue weighted by Gasteiger charge is -2.21. The zero-order valence-corrected chi connectivity index (χ0v) is 32.3. The molecule has 5 heterocycles. The van der Waals surface area contributed by atoms with Crippen LogP contribution in [0.15, 0.2) is 73.1 Å². The van der Waals surface area contributed by atoms with Gasteiger partial charge in [0.15, 0.2) is 0 Å². The molecule has 0 atom stereocenters. The average Bonchev–Trinajstić information content (AvgIpc) is 3.78. The standard InChI is InChI=1S/C25H25F2N7.C15H16ClFN4/c1-15-29-14-34(32-15)20-10-5-16(11-19(20)27)12-21-30-23(28-4)22-24(31-21)33(13-25(22,2)3)18-8-6-17(26)7-9-18;1-15(2)8-21(10-6-4-9(17)5-7-10)13-11(15)12(18-3)19-14(16)20-13/h5-11,14H,12-13H2,1-4H3,(H,28,30,31);4-7H,8H2,1-3H3,(H,18,19,20). The lowest BCUT2D eigenvalue weighted by Crippen LogP contribution is -2.25. The van der Waals surface area contributed by atoms with Crippen molar-refractivity contribution in [2.24, 2.45) is 0 Å². The van der Waals surface area contributed by atoms with Gasteiger partial charge in [0.05, 0.1) is 0 Å². The summed E-state index contributed by atoms with van der Waals surface area (Å²) in [6.45, 7) is 11.7. The summed E-state index contributed by atoms with van der Waals surface area (Å²) in [6, 6.07) is 17.8. The van der Waals surface area contributed by atoms with Crippen LogP contribution >= 0.6 is 11.6 Å². The van der Waals surface area contributed by atoms with Gasteiger partial charge in [0.1, 0.15) is 64.4 Å². The van der Waals surface area contributed by atoms with Crippen molar-refractivity contribution in [1.82, 2.24) is 34.7 Å². The predicted octanol–water partition coefficient (Wildman–Crippen LogP) is 8.45.